The number of para-hydroxylation sites is 1. The topological polar surface area (TPSA) is 66.9 Å². The third kappa shape index (κ3) is 3.26. The minimum Gasteiger partial charge on any atom is -0.487 e. The molecule has 7 heteroatoms. The summed E-state index contributed by atoms with van der Waals surface area (Å²) in [7, 11) is -3.76. The van der Waals surface area contributed by atoms with Crippen molar-refractivity contribution in [3.05, 3.63) is 48.5 Å². The van der Waals surface area contributed by atoms with Crippen LogP contribution in [0.3, 0.4) is 0 Å². The molecule has 1 heterocycles. The van der Waals surface area contributed by atoms with Gasteiger partial charge in [0, 0.05) is 13.5 Å². The molecule has 1 atom stereocenters. The van der Waals surface area contributed by atoms with Gasteiger partial charge < -0.3 is 9.64 Å². The molecular formula is C19H22N2O4S. The molecule has 0 aliphatic carbocycles. The van der Waals surface area contributed by atoms with Crippen LogP contribution < -0.4 is 13.9 Å². The van der Waals surface area contributed by atoms with Gasteiger partial charge >= 0.3 is 0 Å². The summed E-state index contributed by atoms with van der Waals surface area (Å²) in [5.41, 5.74) is 1.09. The lowest BCUT2D eigenvalue weighted by Crippen LogP contribution is -2.41. The zero-order valence-corrected chi connectivity index (χ0v) is 15.9. The second kappa shape index (κ2) is 6.99. The minimum atomic E-state index is -3.76. The SMILES string of the molecule is CCN(c1ccccc1)S(=O)(=O)c1ccc2c(c1)N(C(C)=O)CC(C)O2. The first-order chi connectivity index (χ1) is 12.3. The average Bonchev–Trinajstić information content (AvgIpc) is 2.61. The number of sulfonamides is 1. The number of ether oxygens (including phenoxy) is 1. The molecule has 0 bridgehead atoms. The molecule has 138 valence electrons. The summed E-state index contributed by atoms with van der Waals surface area (Å²) in [5.74, 6) is 0.368. The van der Waals surface area contributed by atoms with E-state index < -0.39 is 10.0 Å². The molecule has 0 fully saturated rings. The molecule has 0 saturated heterocycles. The summed E-state index contributed by atoms with van der Waals surface area (Å²) in [6, 6.07) is 13.6. The van der Waals surface area contributed by atoms with E-state index in [9.17, 15) is 13.2 Å². The quantitative estimate of drug-likeness (QED) is 0.825. The largest absolute Gasteiger partial charge is 0.487 e. The number of nitrogens with zero attached hydrogens (tertiary/aromatic N) is 2. The van der Waals surface area contributed by atoms with Gasteiger partial charge in [0.25, 0.3) is 10.0 Å². The molecule has 1 amide bonds. The van der Waals surface area contributed by atoms with E-state index in [1.54, 1.807) is 42.2 Å². The monoisotopic (exact) mass is 374 g/mol. The van der Waals surface area contributed by atoms with Crippen LogP contribution in [-0.4, -0.2) is 33.5 Å². The predicted octanol–water partition coefficient (Wildman–Crippen LogP) is 3.04. The van der Waals surface area contributed by atoms with Crippen molar-refractivity contribution >= 4 is 27.3 Å². The molecule has 26 heavy (non-hydrogen) atoms. The summed E-state index contributed by atoms with van der Waals surface area (Å²) in [4.78, 5) is 13.7. The molecule has 0 radical (unpaired) electrons. The van der Waals surface area contributed by atoms with Crippen molar-refractivity contribution in [2.24, 2.45) is 0 Å². The molecule has 1 aliphatic rings. The summed E-state index contributed by atoms with van der Waals surface area (Å²) in [5, 5.41) is 0. The first-order valence-corrected chi connectivity index (χ1v) is 9.95. The Labute approximate surface area is 154 Å². The fourth-order valence-electron chi connectivity index (χ4n) is 3.09. The number of benzene rings is 2. The van der Waals surface area contributed by atoms with Gasteiger partial charge in [0.05, 0.1) is 22.8 Å². The van der Waals surface area contributed by atoms with Crippen molar-refractivity contribution in [3.8, 4) is 5.75 Å². The van der Waals surface area contributed by atoms with Crippen LogP contribution in [0.4, 0.5) is 11.4 Å². The van der Waals surface area contributed by atoms with Crippen LogP contribution in [0.5, 0.6) is 5.75 Å². The molecule has 3 rings (SSSR count). The lowest BCUT2D eigenvalue weighted by molar-refractivity contribution is -0.117. The highest BCUT2D eigenvalue weighted by atomic mass is 32.2. The molecule has 0 saturated carbocycles. The number of carbonyl (C=O) groups is 1. The zero-order chi connectivity index (χ0) is 18.9. The number of rotatable bonds is 4. The van der Waals surface area contributed by atoms with Gasteiger partial charge in [-0.25, -0.2) is 8.42 Å². The van der Waals surface area contributed by atoms with E-state index in [2.05, 4.69) is 0 Å². The standard InChI is InChI=1S/C19H22N2O4S/c1-4-21(16-8-6-5-7-9-16)26(23,24)17-10-11-19-18(12-17)20(15(3)22)13-14(2)25-19/h5-12,14H,4,13H2,1-3H3. The van der Waals surface area contributed by atoms with Gasteiger partial charge in [-0.3, -0.25) is 9.10 Å². The second-order valence-corrected chi connectivity index (χ2v) is 8.06. The predicted molar refractivity (Wildman–Crippen MR) is 101 cm³/mol. The maximum absolute atomic E-state index is 13.2. The number of hydrogen-bond donors (Lipinski definition) is 0. The third-order valence-electron chi connectivity index (χ3n) is 4.29. The Morgan fingerprint density at radius 2 is 1.92 bits per heavy atom. The molecular weight excluding hydrogens is 352 g/mol. The maximum Gasteiger partial charge on any atom is 0.264 e. The van der Waals surface area contributed by atoms with Crippen LogP contribution >= 0.6 is 0 Å². The Morgan fingerprint density at radius 1 is 1.23 bits per heavy atom. The number of carbonyl (C=O) groups excluding carboxylic acids is 1. The van der Waals surface area contributed by atoms with Gasteiger partial charge in [0.15, 0.2) is 0 Å². The first-order valence-electron chi connectivity index (χ1n) is 8.51. The molecule has 2 aromatic rings. The third-order valence-corrected chi connectivity index (χ3v) is 6.19. The van der Waals surface area contributed by atoms with E-state index in [1.807, 2.05) is 13.0 Å². The molecule has 0 spiro atoms. The Hall–Kier alpha value is -2.54. The van der Waals surface area contributed by atoms with Crippen LogP contribution in [0.2, 0.25) is 0 Å². The Bertz CT molecular complexity index is 912. The summed E-state index contributed by atoms with van der Waals surface area (Å²) >= 11 is 0. The average molecular weight is 374 g/mol. The lowest BCUT2D eigenvalue weighted by Gasteiger charge is -2.33. The summed E-state index contributed by atoms with van der Waals surface area (Å²) < 4.78 is 33.4. The van der Waals surface area contributed by atoms with E-state index in [4.69, 9.17) is 4.74 Å². The van der Waals surface area contributed by atoms with Crippen molar-refractivity contribution in [2.75, 3.05) is 22.3 Å². The summed E-state index contributed by atoms with van der Waals surface area (Å²) in [6.45, 7) is 5.81. The van der Waals surface area contributed by atoms with Crippen molar-refractivity contribution in [1.29, 1.82) is 0 Å². The van der Waals surface area contributed by atoms with E-state index in [0.717, 1.165) is 0 Å². The normalized spacial score (nSPS) is 16.6. The Balaban J connectivity index is 2.07. The van der Waals surface area contributed by atoms with Crippen LogP contribution in [0.25, 0.3) is 0 Å². The lowest BCUT2D eigenvalue weighted by atomic mass is 10.2. The minimum absolute atomic E-state index is 0.131. The zero-order valence-electron chi connectivity index (χ0n) is 15.0. The second-order valence-electron chi connectivity index (χ2n) is 6.19. The van der Waals surface area contributed by atoms with Gasteiger partial charge in [-0.1, -0.05) is 18.2 Å². The van der Waals surface area contributed by atoms with Crippen LogP contribution in [0.1, 0.15) is 20.8 Å². The van der Waals surface area contributed by atoms with Gasteiger partial charge in [-0.05, 0) is 44.2 Å². The van der Waals surface area contributed by atoms with E-state index >= 15 is 0 Å². The molecule has 1 unspecified atom stereocenters. The van der Waals surface area contributed by atoms with Gasteiger partial charge in [0.2, 0.25) is 5.91 Å². The van der Waals surface area contributed by atoms with E-state index in [0.29, 0.717) is 30.2 Å². The highest BCUT2D eigenvalue weighted by Gasteiger charge is 2.30. The van der Waals surface area contributed by atoms with E-state index in [-0.39, 0.29) is 16.9 Å². The fourth-order valence-corrected chi connectivity index (χ4v) is 4.58. The highest BCUT2D eigenvalue weighted by Crippen LogP contribution is 2.36. The van der Waals surface area contributed by atoms with Crippen LogP contribution in [0.15, 0.2) is 53.4 Å². The van der Waals surface area contributed by atoms with Crippen molar-refractivity contribution < 1.29 is 17.9 Å². The van der Waals surface area contributed by atoms with Crippen molar-refractivity contribution in [3.63, 3.8) is 0 Å². The van der Waals surface area contributed by atoms with Crippen molar-refractivity contribution in [1.82, 2.24) is 0 Å². The smallest absolute Gasteiger partial charge is 0.264 e. The molecule has 0 N–H and O–H groups in total. The number of anilines is 2. The number of hydrogen-bond acceptors (Lipinski definition) is 4. The number of fused-ring (bicyclic) bond motifs is 1. The Kier molecular flexibility index (Phi) is 4.91. The van der Waals surface area contributed by atoms with Gasteiger partial charge in [-0.2, -0.15) is 0 Å². The maximum atomic E-state index is 13.2. The fraction of sp³-hybridized carbons (Fsp3) is 0.316. The Morgan fingerprint density at radius 3 is 2.54 bits per heavy atom. The highest BCUT2D eigenvalue weighted by molar-refractivity contribution is 7.92. The number of amides is 1. The molecule has 1 aliphatic heterocycles. The molecule has 0 aromatic heterocycles. The summed E-state index contributed by atoms with van der Waals surface area (Å²) in [6.07, 6.45) is -0.148. The first kappa shape index (κ1) is 18.3. The van der Waals surface area contributed by atoms with Crippen LogP contribution in [-0.2, 0) is 14.8 Å². The molecule has 6 nitrogen and oxygen atoms in total. The van der Waals surface area contributed by atoms with Crippen molar-refractivity contribution in [2.45, 2.75) is 31.8 Å². The van der Waals surface area contributed by atoms with Gasteiger partial charge in [-0.15, -0.1) is 0 Å². The molecule has 2 aromatic carbocycles. The van der Waals surface area contributed by atoms with E-state index in [1.165, 1.54) is 23.4 Å². The van der Waals surface area contributed by atoms with Crippen LogP contribution in [0, 0.1) is 0 Å². The van der Waals surface area contributed by atoms with Gasteiger partial charge in [0.1, 0.15) is 11.9 Å².